The van der Waals surface area contributed by atoms with Crippen molar-refractivity contribution in [3.63, 3.8) is 0 Å². The normalized spacial score (nSPS) is 12.8. The molecule has 0 aromatic heterocycles. The van der Waals surface area contributed by atoms with E-state index in [1.807, 2.05) is 0 Å². The third-order valence-electron chi connectivity index (χ3n) is 3.86. The topological polar surface area (TPSA) is 15.7 Å². The number of hydrogen-bond acceptors (Lipinski definition) is 3. The summed E-state index contributed by atoms with van der Waals surface area (Å²) in [4.78, 5) is 0. The molecule has 0 atom stereocenters. The van der Waals surface area contributed by atoms with Gasteiger partial charge in [-0.05, 0) is 67.5 Å². The Balaban J connectivity index is 3.12. The molecular formula is C19H33ClFN2OP. The van der Waals surface area contributed by atoms with Crippen molar-refractivity contribution < 1.29 is 8.91 Å². The monoisotopic (exact) mass is 390 g/mol. The average Bonchev–Trinajstić information content (AvgIpc) is 2.44. The Labute approximate surface area is 159 Å². The van der Waals surface area contributed by atoms with E-state index in [4.69, 9.17) is 16.1 Å². The minimum Gasteiger partial charge on any atom is -0.326 e. The van der Waals surface area contributed by atoms with Crippen LogP contribution in [0.15, 0.2) is 18.2 Å². The molecule has 0 aliphatic rings. The Morgan fingerprint density at radius 3 is 1.72 bits per heavy atom. The summed E-state index contributed by atoms with van der Waals surface area (Å²) < 4.78 is 25.3. The number of hydrogen-bond donors (Lipinski definition) is 0. The summed E-state index contributed by atoms with van der Waals surface area (Å²) >= 11 is 5.85. The second-order valence-corrected chi connectivity index (χ2v) is 9.52. The molecule has 0 fully saturated rings. The van der Waals surface area contributed by atoms with Crippen molar-refractivity contribution >= 4 is 20.1 Å². The molecule has 0 amide bonds. The first-order valence-corrected chi connectivity index (χ1v) is 10.5. The van der Waals surface area contributed by atoms with Crippen molar-refractivity contribution in [2.75, 3.05) is 0 Å². The van der Waals surface area contributed by atoms with Crippen molar-refractivity contribution in [3.8, 4) is 0 Å². The highest BCUT2D eigenvalue weighted by molar-refractivity contribution is 7.47. The molecular weight excluding hydrogens is 358 g/mol. The summed E-state index contributed by atoms with van der Waals surface area (Å²) in [6.45, 7) is 17.7. The molecule has 6 heteroatoms. The third-order valence-corrected chi connectivity index (χ3v) is 7.09. The molecule has 1 aromatic carbocycles. The molecule has 1 rings (SSSR count). The van der Waals surface area contributed by atoms with Crippen LogP contribution in [0.5, 0.6) is 0 Å². The highest BCUT2D eigenvalue weighted by atomic mass is 35.5. The second-order valence-electron chi connectivity index (χ2n) is 7.40. The summed E-state index contributed by atoms with van der Waals surface area (Å²) in [6, 6.07) is 6.09. The Morgan fingerprint density at radius 2 is 1.36 bits per heavy atom. The Morgan fingerprint density at radius 1 is 0.920 bits per heavy atom. The lowest BCUT2D eigenvalue weighted by Gasteiger charge is -2.45. The van der Waals surface area contributed by atoms with Gasteiger partial charge in [0.25, 0.3) is 0 Å². The predicted molar refractivity (Wildman–Crippen MR) is 107 cm³/mol. The molecule has 0 saturated carbocycles. The van der Waals surface area contributed by atoms with E-state index in [2.05, 4.69) is 64.7 Å². The van der Waals surface area contributed by atoms with Crippen LogP contribution in [0.25, 0.3) is 0 Å². The lowest BCUT2D eigenvalue weighted by Crippen LogP contribution is -2.43. The van der Waals surface area contributed by atoms with E-state index in [1.165, 1.54) is 6.07 Å². The summed E-state index contributed by atoms with van der Waals surface area (Å²) in [5.41, 5.74) is 0.539. The van der Waals surface area contributed by atoms with Gasteiger partial charge in [0.2, 0.25) is 0 Å². The molecule has 1 aromatic rings. The van der Waals surface area contributed by atoms with Gasteiger partial charge in [0.05, 0.1) is 6.61 Å². The van der Waals surface area contributed by atoms with Crippen LogP contribution in [0.3, 0.4) is 0 Å². The summed E-state index contributed by atoms with van der Waals surface area (Å²) in [6.07, 6.45) is 0. The van der Waals surface area contributed by atoms with Gasteiger partial charge in [-0.2, -0.15) is 0 Å². The summed E-state index contributed by atoms with van der Waals surface area (Å²) in [5.74, 6) is -0.316. The zero-order chi connectivity index (χ0) is 19.3. The predicted octanol–water partition coefficient (Wildman–Crippen LogP) is 6.46. The lowest BCUT2D eigenvalue weighted by molar-refractivity contribution is 0.180. The number of nitrogens with zero attached hydrogens (tertiary/aromatic N) is 2. The lowest BCUT2D eigenvalue weighted by atomic mass is 10.2. The molecule has 144 valence electrons. The van der Waals surface area contributed by atoms with E-state index in [9.17, 15) is 4.39 Å². The molecule has 0 aliphatic heterocycles. The minimum atomic E-state index is -1.02. The van der Waals surface area contributed by atoms with Crippen LogP contribution in [0.4, 0.5) is 4.39 Å². The van der Waals surface area contributed by atoms with E-state index >= 15 is 0 Å². The maximum absolute atomic E-state index is 14.2. The van der Waals surface area contributed by atoms with Crippen molar-refractivity contribution in [3.05, 3.63) is 34.6 Å². The maximum Gasteiger partial charge on any atom is 0.189 e. The Bertz CT molecular complexity index is 504. The van der Waals surface area contributed by atoms with Gasteiger partial charge in [-0.3, -0.25) is 0 Å². The maximum atomic E-state index is 14.2. The zero-order valence-corrected chi connectivity index (χ0v) is 18.4. The van der Waals surface area contributed by atoms with E-state index < -0.39 is 8.45 Å². The first-order chi connectivity index (χ1) is 11.6. The van der Waals surface area contributed by atoms with Crippen LogP contribution in [0.2, 0.25) is 5.02 Å². The van der Waals surface area contributed by atoms with Crippen LogP contribution in [-0.4, -0.2) is 33.5 Å². The van der Waals surface area contributed by atoms with Crippen molar-refractivity contribution in [2.45, 2.75) is 86.2 Å². The molecule has 25 heavy (non-hydrogen) atoms. The average molecular weight is 391 g/mol. The number of halogens is 2. The van der Waals surface area contributed by atoms with E-state index in [0.29, 0.717) is 34.8 Å². The van der Waals surface area contributed by atoms with Crippen LogP contribution in [0, 0.1) is 5.82 Å². The van der Waals surface area contributed by atoms with Crippen LogP contribution >= 0.6 is 20.1 Å². The smallest absolute Gasteiger partial charge is 0.189 e. The molecule has 3 nitrogen and oxygen atoms in total. The molecule has 0 saturated heterocycles. The Kier molecular flexibility index (Phi) is 9.28. The highest BCUT2D eigenvalue weighted by Crippen LogP contribution is 2.51. The van der Waals surface area contributed by atoms with E-state index in [0.717, 1.165) is 0 Å². The van der Waals surface area contributed by atoms with Gasteiger partial charge in [0.15, 0.2) is 8.45 Å². The fourth-order valence-corrected chi connectivity index (χ4v) is 5.50. The molecule has 0 aliphatic carbocycles. The van der Waals surface area contributed by atoms with Crippen molar-refractivity contribution in [1.29, 1.82) is 0 Å². The quantitative estimate of drug-likeness (QED) is 0.450. The van der Waals surface area contributed by atoms with E-state index in [-0.39, 0.29) is 12.4 Å². The van der Waals surface area contributed by atoms with Gasteiger partial charge in [0.1, 0.15) is 5.82 Å². The van der Waals surface area contributed by atoms with E-state index in [1.54, 1.807) is 12.1 Å². The van der Waals surface area contributed by atoms with Gasteiger partial charge in [-0.15, -0.1) is 0 Å². The molecule has 0 N–H and O–H groups in total. The molecule has 0 unspecified atom stereocenters. The number of rotatable bonds is 9. The van der Waals surface area contributed by atoms with Crippen LogP contribution in [-0.2, 0) is 11.1 Å². The molecule has 0 bridgehead atoms. The van der Waals surface area contributed by atoms with Gasteiger partial charge in [-0.25, -0.2) is 13.7 Å². The standard InChI is InChI=1S/C19H33ClFN2OP/c1-13(2)22(14(3)4)25(23(15(5)6)16(7)8)24-12-17-9-10-18(20)11-19(17)21/h9-11,13-16H,12H2,1-8H3. The second kappa shape index (κ2) is 10.2. The first-order valence-electron chi connectivity index (χ1n) is 8.99. The fraction of sp³-hybridized carbons (Fsp3) is 0.684. The van der Waals surface area contributed by atoms with Crippen molar-refractivity contribution in [1.82, 2.24) is 9.34 Å². The largest absolute Gasteiger partial charge is 0.326 e. The fourth-order valence-electron chi connectivity index (χ4n) is 3.00. The van der Waals surface area contributed by atoms with Gasteiger partial charge < -0.3 is 4.52 Å². The summed E-state index contributed by atoms with van der Waals surface area (Å²) in [7, 11) is -1.02. The molecule has 0 radical (unpaired) electrons. The third kappa shape index (κ3) is 6.45. The molecule has 0 spiro atoms. The Hall–Kier alpha value is -0.250. The molecule has 0 heterocycles. The van der Waals surface area contributed by atoms with Crippen LogP contribution < -0.4 is 0 Å². The minimum absolute atomic E-state index is 0.237. The highest BCUT2D eigenvalue weighted by Gasteiger charge is 2.34. The van der Waals surface area contributed by atoms with Gasteiger partial charge in [0, 0.05) is 34.8 Å². The summed E-state index contributed by atoms with van der Waals surface area (Å²) in [5, 5.41) is 0.403. The van der Waals surface area contributed by atoms with Gasteiger partial charge >= 0.3 is 0 Å². The van der Waals surface area contributed by atoms with Crippen molar-refractivity contribution in [2.24, 2.45) is 0 Å². The SMILES string of the molecule is CC(C)N(C(C)C)P(OCc1ccc(Cl)cc1F)N(C(C)C)C(C)C. The zero-order valence-electron chi connectivity index (χ0n) is 16.8. The number of benzene rings is 1. The van der Waals surface area contributed by atoms with Crippen LogP contribution in [0.1, 0.15) is 61.0 Å². The first kappa shape index (κ1) is 22.8. The van der Waals surface area contributed by atoms with Gasteiger partial charge in [-0.1, -0.05) is 17.7 Å².